The van der Waals surface area contributed by atoms with E-state index >= 15 is 0 Å². The average Bonchev–Trinajstić information content (AvgIpc) is 2.33. The summed E-state index contributed by atoms with van der Waals surface area (Å²) in [6, 6.07) is 7.27. The lowest BCUT2D eigenvalue weighted by molar-refractivity contribution is -0.153. The van der Waals surface area contributed by atoms with E-state index in [-0.39, 0.29) is 16.9 Å². The van der Waals surface area contributed by atoms with Crippen LogP contribution in [0.2, 0.25) is 0 Å². The minimum atomic E-state index is -4.47. The number of ether oxygens (including phenoxy) is 1. The van der Waals surface area contributed by atoms with Crippen molar-refractivity contribution < 1.29 is 22.7 Å². The fourth-order valence-corrected chi connectivity index (χ4v) is 1.20. The highest BCUT2D eigenvalue weighted by molar-refractivity contribution is 6.00. The van der Waals surface area contributed by atoms with Crippen LogP contribution in [0.1, 0.15) is 5.56 Å². The van der Waals surface area contributed by atoms with E-state index < -0.39 is 18.7 Å². The molecule has 0 unspecified atom stereocenters. The Balaban J connectivity index is 3.03. The average molecular weight is 270 g/mol. The van der Waals surface area contributed by atoms with Crippen LogP contribution in [-0.2, 0) is 4.79 Å². The molecule has 0 bridgehead atoms. The van der Waals surface area contributed by atoms with E-state index in [4.69, 9.17) is 11.0 Å². The Morgan fingerprint density at radius 3 is 2.58 bits per heavy atom. The van der Waals surface area contributed by atoms with E-state index in [0.29, 0.717) is 0 Å². The van der Waals surface area contributed by atoms with E-state index in [2.05, 4.69) is 4.74 Å². The molecule has 0 aliphatic rings. The number of nitrogens with zero attached hydrogens (tertiary/aromatic N) is 1. The monoisotopic (exact) mass is 270 g/mol. The van der Waals surface area contributed by atoms with Crippen LogP contribution >= 0.6 is 0 Å². The fraction of sp³-hybridized carbons (Fsp3) is 0.167. The standard InChI is InChI=1S/C12H9F3N2O2/c13-12(14,15)7-19-10-4-2-1-3-8(10)5-9(6-16)11(17)18/h1-5H,7H2,(H2,17,18)/b9-5+. The number of nitriles is 1. The Morgan fingerprint density at radius 1 is 1.42 bits per heavy atom. The Kier molecular flexibility index (Phi) is 4.53. The van der Waals surface area contributed by atoms with Crippen LogP contribution in [0.5, 0.6) is 5.75 Å². The molecule has 0 heterocycles. The summed E-state index contributed by atoms with van der Waals surface area (Å²) in [6.07, 6.45) is -3.40. The highest BCUT2D eigenvalue weighted by atomic mass is 19.4. The lowest BCUT2D eigenvalue weighted by Gasteiger charge is -2.11. The number of halogens is 3. The molecule has 0 radical (unpaired) electrons. The minimum absolute atomic E-state index is 0.0891. The van der Waals surface area contributed by atoms with Crippen LogP contribution in [0, 0.1) is 11.3 Å². The van der Waals surface area contributed by atoms with Crippen molar-refractivity contribution in [3.8, 4) is 11.8 Å². The number of alkyl halides is 3. The van der Waals surface area contributed by atoms with Crippen molar-refractivity contribution in [3.63, 3.8) is 0 Å². The zero-order valence-electron chi connectivity index (χ0n) is 9.57. The summed E-state index contributed by atoms with van der Waals surface area (Å²) in [7, 11) is 0. The number of carbonyl (C=O) groups excluding carboxylic acids is 1. The van der Waals surface area contributed by atoms with Gasteiger partial charge < -0.3 is 10.5 Å². The van der Waals surface area contributed by atoms with Gasteiger partial charge in [-0.3, -0.25) is 4.79 Å². The first-order valence-corrected chi connectivity index (χ1v) is 5.03. The van der Waals surface area contributed by atoms with Crippen LogP contribution in [0.15, 0.2) is 29.8 Å². The molecule has 0 aliphatic heterocycles. The summed E-state index contributed by atoms with van der Waals surface area (Å²) < 4.78 is 40.8. The second-order valence-electron chi connectivity index (χ2n) is 3.48. The molecule has 7 heteroatoms. The highest BCUT2D eigenvalue weighted by Gasteiger charge is 2.28. The third kappa shape index (κ3) is 4.71. The molecule has 2 N–H and O–H groups in total. The Hall–Kier alpha value is -2.49. The zero-order chi connectivity index (χ0) is 14.5. The van der Waals surface area contributed by atoms with E-state index in [1.54, 1.807) is 6.07 Å². The predicted molar refractivity (Wildman–Crippen MR) is 60.8 cm³/mol. The SMILES string of the molecule is N#C/C(=C\c1ccccc1OCC(F)(F)F)C(N)=O. The van der Waals surface area contributed by atoms with Crippen LogP contribution < -0.4 is 10.5 Å². The zero-order valence-corrected chi connectivity index (χ0v) is 9.57. The van der Waals surface area contributed by atoms with Gasteiger partial charge in [0.2, 0.25) is 0 Å². The van der Waals surface area contributed by atoms with Crippen LogP contribution in [-0.4, -0.2) is 18.7 Å². The number of amides is 1. The molecule has 0 spiro atoms. The second-order valence-corrected chi connectivity index (χ2v) is 3.48. The van der Waals surface area contributed by atoms with Crippen LogP contribution in [0.3, 0.4) is 0 Å². The third-order valence-electron chi connectivity index (χ3n) is 2.00. The Bertz CT molecular complexity index is 545. The van der Waals surface area contributed by atoms with Gasteiger partial charge in [-0.2, -0.15) is 18.4 Å². The molecule has 19 heavy (non-hydrogen) atoms. The van der Waals surface area contributed by atoms with Crippen molar-refractivity contribution in [3.05, 3.63) is 35.4 Å². The first-order chi connectivity index (χ1) is 8.83. The first kappa shape index (κ1) is 14.6. The summed E-state index contributed by atoms with van der Waals surface area (Å²) >= 11 is 0. The molecule has 1 aromatic rings. The van der Waals surface area contributed by atoms with Crippen LogP contribution in [0.25, 0.3) is 6.08 Å². The number of para-hydroxylation sites is 1. The molecule has 1 rings (SSSR count). The molecular formula is C12H9F3N2O2. The molecule has 0 fully saturated rings. The number of primary amides is 1. The highest BCUT2D eigenvalue weighted by Crippen LogP contribution is 2.23. The molecule has 0 aliphatic carbocycles. The lowest BCUT2D eigenvalue weighted by Crippen LogP contribution is -2.19. The van der Waals surface area contributed by atoms with E-state index in [9.17, 15) is 18.0 Å². The summed E-state index contributed by atoms with van der Waals surface area (Å²) in [5.41, 5.74) is 4.73. The van der Waals surface area contributed by atoms with Gasteiger partial charge in [0, 0.05) is 5.56 Å². The smallest absolute Gasteiger partial charge is 0.422 e. The van der Waals surface area contributed by atoms with Crippen molar-refractivity contribution >= 4 is 12.0 Å². The van der Waals surface area contributed by atoms with Crippen molar-refractivity contribution in [2.24, 2.45) is 5.73 Å². The lowest BCUT2D eigenvalue weighted by atomic mass is 10.1. The number of benzene rings is 1. The summed E-state index contributed by atoms with van der Waals surface area (Å²) in [6.45, 7) is -1.46. The van der Waals surface area contributed by atoms with E-state index in [0.717, 1.165) is 6.08 Å². The van der Waals surface area contributed by atoms with Gasteiger partial charge in [0.05, 0.1) is 0 Å². The van der Waals surface area contributed by atoms with Gasteiger partial charge in [-0.15, -0.1) is 0 Å². The van der Waals surface area contributed by atoms with Gasteiger partial charge in [-0.25, -0.2) is 0 Å². The van der Waals surface area contributed by atoms with Crippen molar-refractivity contribution in [2.45, 2.75) is 6.18 Å². The van der Waals surface area contributed by atoms with Crippen molar-refractivity contribution in [1.82, 2.24) is 0 Å². The topological polar surface area (TPSA) is 76.1 Å². The number of nitrogens with two attached hydrogens (primary N) is 1. The molecule has 1 aromatic carbocycles. The second kappa shape index (κ2) is 5.91. The third-order valence-corrected chi connectivity index (χ3v) is 2.00. The Labute approximate surface area is 106 Å². The van der Waals surface area contributed by atoms with Gasteiger partial charge in [0.15, 0.2) is 6.61 Å². The summed E-state index contributed by atoms with van der Waals surface area (Å²) in [4.78, 5) is 10.9. The minimum Gasteiger partial charge on any atom is -0.484 e. The maximum atomic E-state index is 12.1. The van der Waals surface area contributed by atoms with E-state index in [1.807, 2.05) is 0 Å². The molecule has 0 aromatic heterocycles. The first-order valence-electron chi connectivity index (χ1n) is 5.03. The summed E-state index contributed by atoms with van der Waals surface area (Å²) in [5.74, 6) is -1.05. The van der Waals surface area contributed by atoms with Gasteiger partial charge >= 0.3 is 6.18 Å². The van der Waals surface area contributed by atoms with Gasteiger partial charge in [-0.05, 0) is 12.1 Å². The molecular weight excluding hydrogens is 261 g/mol. The largest absolute Gasteiger partial charge is 0.484 e. The molecule has 0 atom stereocenters. The van der Waals surface area contributed by atoms with E-state index in [1.165, 1.54) is 24.3 Å². The molecule has 100 valence electrons. The van der Waals surface area contributed by atoms with Gasteiger partial charge in [-0.1, -0.05) is 18.2 Å². The predicted octanol–water partition coefficient (Wildman–Crippen LogP) is 2.02. The number of hydrogen-bond donors (Lipinski definition) is 1. The number of rotatable bonds is 4. The molecule has 4 nitrogen and oxygen atoms in total. The van der Waals surface area contributed by atoms with Crippen molar-refractivity contribution in [1.29, 1.82) is 5.26 Å². The maximum Gasteiger partial charge on any atom is 0.422 e. The molecule has 1 amide bonds. The van der Waals surface area contributed by atoms with Gasteiger partial charge in [0.1, 0.15) is 17.4 Å². The summed E-state index contributed by atoms with van der Waals surface area (Å²) in [5, 5.41) is 8.67. The quantitative estimate of drug-likeness (QED) is 0.671. The Morgan fingerprint density at radius 2 is 2.05 bits per heavy atom. The molecule has 0 saturated heterocycles. The normalized spacial score (nSPS) is 11.8. The molecule has 0 saturated carbocycles. The van der Waals surface area contributed by atoms with Crippen LogP contribution in [0.4, 0.5) is 13.2 Å². The number of hydrogen-bond acceptors (Lipinski definition) is 3. The van der Waals surface area contributed by atoms with Gasteiger partial charge in [0.25, 0.3) is 5.91 Å². The van der Waals surface area contributed by atoms with Crippen molar-refractivity contribution in [2.75, 3.05) is 6.61 Å². The fourth-order valence-electron chi connectivity index (χ4n) is 1.20. The number of carbonyl (C=O) groups is 1. The maximum absolute atomic E-state index is 12.1.